The summed E-state index contributed by atoms with van der Waals surface area (Å²) in [5.41, 5.74) is 0.775. The van der Waals surface area contributed by atoms with Gasteiger partial charge in [-0.15, -0.1) is 0 Å². The lowest BCUT2D eigenvalue weighted by atomic mass is 10.2. The average Bonchev–Trinajstić information content (AvgIpc) is 2.05. The van der Waals surface area contributed by atoms with Crippen LogP contribution >= 0.6 is 0 Å². The third-order valence-corrected chi connectivity index (χ3v) is 1.18. The molecule has 1 aromatic rings. The Morgan fingerprint density at radius 1 is 1.38 bits per heavy atom. The van der Waals surface area contributed by atoms with Gasteiger partial charge >= 0.3 is 0 Å². The monoisotopic (exact) mass is 200 g/mol. The molecule has 0 aliphatic carbocycles. The van der Waals surface area contributed by atoms with Crippen LogP contribution < -0.4 is 5.14 Å². The zero-order valence-electron chi connectivity index (χ0n) is 7.10. The summed E-state index contributed by atoms with van der Waals surface area (Å²) in [5.74, 6) is 0.121. The molecule has 0 radical (unpaired) electrons. The van der Waals surface area contributed by atoms with Gasteiger partial charge in [-0.2, -0.15) is 0 Å². The standard InChI is InChI=1S/C8H8O.H3NO2S/c1-7(9)8-5-3-2-4-6-8;1-4(2)3/h2-6H,1H3;1H2,(H,2,3)/p-1. The summed E-state index contributed by atoms with van der Waals surface area (Å²) in [6, 6.07) is 9.23. The van der Waals surface area contributed by atoms with Crippen molar-refractivity contribution in [3.8, 4) is 0 Å². The maximum absolute atomic E-state index is 10.6. The highest BCUT2D eigenvalue weighted by Crippen LogP contribution is 1.97. The zero-order chi connectivity index (χ0) is 10.3. The van der Waals surface area contributed by atoms with Gasteiger partial charge in [0.1, 0.15) is 0 Å². The molecule has 0 spiro atoms. The molecule has 72 valence electrons. The van der Waals surface area contributed by atoms with E-state index in [0.717, 1.165) is 5.56 Å². The molecular formula is C8H10NO3S-. The molecule has 0 saturated carbocycles. The highest BCUT2D eigenvalue weighted by atomic mass is 32.2. The van der Waals surface area contributed by atoms with Crippen molar-refractivity contribution in [2.75, 3.05) is 0 Å². The Morgan fingerprint density at radius 3 is 2.00 bits per heavy atom. The molecule has 0 aliphatic rings. The fourth-order valence-electron chi connectivity index (χ4n) is 0.673. The molecule has 1 unspecified atom stereocenters. The molecule has 13 heavy (non-hydrogen) atoms. The first-order valence-corrected chi connectivity index (χ1v) is 4.57. The highest BCUT2D eigenvalue weighted by molar-refractivity contribution is 7.76. The van der Waals surface area contributed by atoms with Crippen molar-refractivity contribution in [3.05, 3.63) is 35.9 Å². The van der Waals surface area contributed by atoms with Crippen LogP contribution in [0.5, 0.6) is 0 Å². The SMILES string of the molecule is CC(=O)c1ccccc1.NS(=O)[O-]. The van der Waals surface area contributed by atoms with Crippen molar-refractivity contribution in [1.82, 2.24) is 0 Å². The number of benzene rings is 1. The van der Waals surface area contributed by atoms with Gasteiger partial charge < -0.3 is 4.55 Å². The van der Waals surface area contributed by atoms with Crippen LogP contribution in [0.1, 0.15) is 17.3 Å². The van der Waals surface area contributed by atoms with Crippen molar-refractivity contribution in [1.29, 1.82) is 0 Å². The Hall–Kier alpha value is -1.04. The summed E-state index contributed by atoms with van der Waals surface area (Å²) in [7, 11) is 0. The van der Waals surface area contributed by atoms with E-state index in [1.165, 1.54) is 0 Å². The lowest BCUT2D eigenvalue weighted by molar-refractivity contribution is 0.101. The first-order chi connectivity index (χ1) is 6.04. The van der Waals surface area contributed by atoms with Crippen LogP contribution in [0.25, 0.3) is 0 Å². The van der Waals surface area contributed by atoms with Gasteiger partial charge in [-0.3, -0.25) is 14.1 Å². The predicted octanol–water partition coefficient (Wildman–Crippen LogP) is 0.628. The Labute approximate surface area is 79.2 Å². The quantitative estimate of drug-likeness (QED) is 0.533. The molecule has 0 saturated heterocycles. The molecule has 0 aliphatic heterocycles. The minimum Gasteiger partial charge on any atom is -0.760 e. The number of Topliss-reactive ketones (excluding diaryl/α,β-unsaturated/α-hetero) is 1. The molecule has 1 rings (SSSR count). The molecule has 0 heterocycles. The lowest BCUT2D eigenvalue weighted by Crippen LogP contribution is -1.97. The molecule has 1 aromatic carbocycles. The van der Waals surface area contributed by atoms with E-state index < -0.39 is 11.3 Å². The molecule has 0 amide bonds. The summed E-state index contributed by atoms with van der Waals surface area (Å²) in [5, 5.41) is 4.03. The van der Waals surface area contributed by atoms with Gasteiger partial charge in [0.15, 0.2) is 5.78 Å². The van der Waals surface area contributed by atoms with Gasteiger partial charge in [-0.25, -0.2) is 0 Å². The van der Waals surface area contributed by atoms with E-state index in [-0.39, 0.29) is 5.78 Å². The van der Waals surface area contributed by atoms with E-state index in [9.17, 15) is 4.79 Å². The highest BCUT2D eigenvalue weighted by Gasteiger charge is 1.92. The predicted molar refractivity (Wildman–Crippen MR) is 49.6 cm³/mol. The fraction of sp³-hybridized carbons (Fsp3) is 0.125. The van der Waals surface area contributed by atoms with E-state index in [2.05, 4.69) is 5.14 Å². The Balaban J connectivity index is 0.000000310. The largest absolute Gasteiger partial charge is 0.760 e. The maximum Gasteiger partial charge on any atom is 0.159 e. The van der Waals surface area contributed by atoms with E-state index in [0.29, 0.717) is 0 Å². The number of carbonyl (C=O) groups excluding carboxylic acids is 1. The fourth-order valence-corrected chi connectivity index (χ4v) is 0.673. The Kier molecular flexibility index (Phi) is 5.96. The van der Waals surface area contributed by atoms with Crippen molar-refractivity contribution < 1.29 is 13.6 Å². The molecule has 2 N–H and O–H groups in total. The number of rotatable bonds is 1. The molecule has 0 aromatic heterocycles. The van der Waals surface area contributed by atoms with Crippen LogP contribution in [-0.2, 0) is 11.3 Å². The summed E-state index contributed by atoms with van der Waals surface area (Å²) >= 11 is -2.36. The van der Waals surface area contributed by atoms with Crippen LogP contribution in [0.3, 0.4) is 0 Å². The van der Waals surface area contributed by atoms with Gasteiger partial charge in [-0.1, -0.05) is 30.3 Å². The Morgan fingerprint density at radius 2 is 1.77 bits per heavy atom. The number of nitrogens with two attached hydrogens (primary N) is 1. The van der Waals surface area contributed by atoms with Gasteiger partial charge in [0.05, 0.1) is 0 Å². The van der Waals surface area contributed by atoms with Crippen LogP contribution in [0, 0.1) is 0 Å². The maximum atomic E-state index is 10.6. The van der Waals surface area contributed by atoms with Crippen molar-refractivity contribution in [2.24, 2.45) is 5.14 Å². The van der Waals surface area contributed by atoms with Gasteiger partial charge in [0.2, 0.25) is 0 Å². The number of hydrogen-bond donors (Lipinski definition) is 1. The van der Waals surface area contributed by atoms with Crippen LogP contribution in [0.2, 0.25) is 0 Å². The second-order valence-corrected chi connectivity index (χ2v) is 2.70. The molecule has 0 bridgehead atoms. The second-order valence-electron chi connectivity index (χ2n) is 2.18. The van der Waals surface area contributed by atoms with E-state index in [4.69, 9.17) is 8.76 Å². The minimum absolute atomic E-state index is 0.121. The van der Waals surface area contributed by atoms with Gasteiger partial charge in [0, 0.05) is 16.8 Å². The third-order valence-electron chi connectivity index (χ3n) is 1.18. The van der Waals surface area contributed by atoms with Crippen molar-refractivity contribution >= 4 is 17.0 Å². The van der Waals surface area contributed by atoms with Gasteiger partial charge in [0.25, 0.3) is 0 Å². The van der Waals surface area contributed by atoms with Crippen LogP contribution in [0.4, 0.5) is 0 Å². The number of hydrogen-bond acceptors (Lipinski definition) is 3. The topological polar surface area (TPSA) is 83.2 Å². The first kappa shape index (κ1) is 12.0. The second kappa shape index (κ2) is 6.47. The smallest absolute Gasteiger partial charge is 0.159 e. The minimum atomic E-state index is -2.36. The van der Waals surface area contributed by atoms with Crippen molar-refractivity contribution in [3.63, 3.8) is 0 Å². The first-order valence-electron chi connectivity index (χ1n) is 3.43. The van der Waals surface area contributed by atoms with E-state index in [1.54, 1.807) is 6.92 Å². The normalized spacial score (nSPS) is 11.0. The van der Waals surface area contributed by atoms with E-state index in [1.807, 2.05) is 30.3 Å². The summed E-state index contributed by atoms with van der Waals surface area (Å²) < 4.78 is 17.6. The summed E-state index contributed by atoms with van der Waals surface area (Å²) in [6.45, 7) is 1.56. The Bertz CT molecular complexity index is 283. The average molecular weight is 200 g/mol. The zero-order valence-corrected chi connectivity index (χ0v) is 7.91. The summed E-state index contributed by atoms with van der Waals surface area (Å²) in [6.07, 6.45) is 0. The molecule has 0 fully saturated rings. The lowest BCUT2D eigenvalue weighted by Gasteiger charge is -1.89. The molecular weight excluding hydrogens is 190 g/mol. The van der Waals surface area contributed by atoms with Crippen molar-refractivity contribution in [2.45, 2.75) is 6.92 Å². The van der Waals surface area contributed by atoms with Crippen LogP contribution in [-0.4, -0.2) is 14.5 Å². The third kappa shape index (κ3) is 7.32. The number of ketones is 1. The summed E-state index contributed by atoms with van der Waals surface area (Å²) in [4.78, 5) is 10.6. The molecule has 4 nitrogen and oxygen atoms in total. The molecule has 1 atom stereocenters. The molecule has 5 heteroatoms. The van der Waals surface area contributed by atoms with Crippen LogP contribution in [0.15, 0.2) is 30.3 Å². The van der Waals surface area contributed by atoms with Gasteiger partial charge in [-0.05, 0) is 6.92 Å². The number of carbonyl (C=O) groups is 1. The van der Waals surface area contributed by atoms with E-state index >= 15 is 0 Å².